The molecule has 3 aromatic rings. The van der Waals surface area contributed by atoms with Gasteiger partial charge in [-0.15, -0.1) is 0 Å². The summed E-state index contributed by atoms with van der Waals surface area (Å²) in [7, 11) is 0. The molecule has 1 aromatic carbocycles. The number of ether oxygens (including phenoxy) is 1. The number of aromatic amines is 1. The Balaban J connectivity index is 1.61. The van der Waals surface area contributed by atoms with E-state index in [1.54, 1.807) is 45.3 Å². The number of pyridine rings is 1. The van der Waals surface area contributed by atoms with Crippen molar-refractivity contribution in [2.45, 2.75) is 26.4 Å². The molecule has 0 bridgehead atoms. The number of halogens is 2. The highest BCUT2D eigenvalue weighted by Gasteiger charge is 2.15. The third-order valence-corrected chi connectivity index (χ3v) is 4.62. The van der Waals surface area contributed by atoms with Gasteiger partial charge in [-0.25, -0.2) is 4.79 Å². The van der Waals surface area contributed by atoms with Crippen LogP contribution in [0.5, 0.6) is 0 Å². The number of hydrogen-bond donors (Lipinski definition) is 2. The van der Waals surface area contributed by atoms with Gasteiger partial charge in [0, 0.05) is 17.1 Å². The van der Waals surface area contributed by atoms with Crippen molar-refractivity contribution in [2.24, 2.45) is 5.16 Å². The van der Waals surface area contributed by atoms with Gasteiger partial charge in [-0.2, -0.15) is 0 Å². The van der Waals surface area contributed by atoms with Crippen LogP contribution in [0.1, 0.15) is 26.5 Å². The van der Waals surface area contributed by atoms with E-state index < -0.39 is 11.7 Å². The maximum absolute atomic E-state index is 11.5. The van der Waals surface area contributed by atoms with Crippen molar-refractivity contribution in [2.75, 3.05) is 13.2 Å². The van der Waals surface area contributed by atoms with E-state index in [0.717, 1.165) is 27.9 Å². The van der Waals surface area contributed by atoms with Crippen molar-refractivity contribution >= 4 is 46.4 Å². The van der Waals surface area contributed by atoms with E-state index in [0.29, 0.717) is 10.0 Å². The summed E-state index contributed by atoms with van der Waals surface area (Å²) in [6.45, 7) is 5.90. The molecule has 7 nitrogen and oxygen atoms in total. The highest BCUT2D eigenvalue weighted by atomic mass is 35.5. The van der Waals surface area contributed by atoms with Gasteiger partial charge in [0.05, 0.1) is 39.7 Å². The molecule has 0 aliphatic carbocycles. The van der Waals surface area contributed by atoms with Gasteiger partial charge in [-0.05, 0) is 45.0 Å². The molecular weight excluding hydrogens is 427 g/mol. The maximum Gasteiger partial charge on any atom is 0.407 e. The monoisotopic (exact) mass is 448 g/mol. The van der Waals surface area contributed by atoms with E-state index in [1.807, 2.05) is 18.2 Å². The fourth-order valence-electron chi connectivity index (χ4n) is 2.67. The first-order valence-corrected chi connectivity index (χ1v) is 10.0. The molecule has 0 aliphatic heterocycles. The quantitative estimate of drug-likeness (QED) is 0.299. The summed E-state index contributed by atoms with van der Waals surface area (Å²) in [4.78, 5) is 24.5. The third-order valence-electron chi connectivity index (χ3n) is 3.88. The van der Waals surface area contributed by atoms with Crippen LogP contribution in [0, 0.1) is 0 Å². The Morgan fingerprint density at radius 1 is 1.23 bits per heavy atom. The number of hydrogen-bond acceptors (Lipinski definition) is 5. The number of fused-ring (bicyclic) bond motifs is 1. The summed E-state index contributed by atoms with van der Waals surface area (Å²) in [5.41, 5.74) is 2.67. The molecule has 3 rings (SSSR count). The number of benzene rings is 1. The van der Waals surface area contributed by atoms with Gasteiger partial charge in [-0.3, -0.25) is 4.98 Å². The minimum atomic E-state index is -0.538. The van der Waals surface area contributed by atoms with Gasteiger partial charge in [-0.1, -0.05) is 34.4 Å². The van der Waals surface area contributed by atoms with Crippen LogP contribution >= 0.6 is 23.2 Å². The van der Waals surface area contributed by atoms with Crippen LogP contribution in [0.3, 0.4) is 0 Å². The minimum absolute atomic E-state index is 0.214. The van der Waals surface area contributed by atoms with Crippen molar-refractivity contribution in [3.05, 3.63) is 52.3 Å². The molecule has 0 fully saturated rings. The zero-order valence-corrected chi connectivity index (χ0v) is 18.3. The van der Waals surface area contributed by atoms with E-state index in [2.05, 4.69) is 20.4 Å². The molecule has 0 spiro atoms. The highest BCUT2D eigenvalue weighted by molar-refractivity contribution is 6.42. The van der Waals surface area contributed by atoms with Gasteiger partial charge in [0.25, 0.3) is 0 Å². The van der Waals surface area contributed by atoms with Gasteiger partial charge >= 0.3 is 6.09 Å². The summed E-state index contributed by atoms with van der Waals surface area (Å²) in [5.74, 6) is 0. The summed E-state index contributed by atoms with van der Waals surface area (Å²) in [5, 5.41) is 8.46. The molecular formula is C21H22Cl2N4O3. The number of alkyl carbamates (subject to hydrolysis) is 1. The van der Waals surface area contributed by atoms with Crippen LogP contribution in [-0.4, -0.2) is 41.0 Å². The predicted molar refractivity (Wildman–Crippen MR) is 119 cm³/mol. The third kappa shape index (κ3) is 5.87. The molecule has 2 N–H and O–H groups in total. The summed E-state index contributed by atoms with van der Waals surface area (Å²) in [6, 6.07) is 9.22. The summed E-state index contributed by atoms with van der Waals surface area (Å²) < 4.78 is 5.14. The van der Waals surface area contributed by atoms with Gasteiger partial charge in [0.15, 0.2) is 0 Å². The van der Waals surface area contributed by atoms with E-state index in [1.165, 1.54) is 0 Å². The van der Waals surface area contributed by atoms with E-state index in [4.69, 9.17) is 32.8 Å². The summed E-state index contributed by atoms with van der Waals surface area (Å²) >= 11 is 12.1. The number of nitrogens with one attached hydrogen (secondary N) is 2. The number of rotatable bonds is 6. The fraction of sp³-hybridized carbons (Fsp3) is 0.286. The number of nitrogens with zero attached hydrogens (tertiary/aromatic N) is 2. The Kier molecular flexibility index (Phi) is 6.84. The smallest absolute Gasteiger partial charge is 0.407 e. The Labute approximate surface area is 184 Å². The van der Waals surface area contributed by atoms with Crippen molar-refractivity contribution < 1.29 is 14.4 Å². The SMILES string of the molecule is CC(C)(C)OC(=O)NCCON=Cc1cc2ccnc(-c3ccc(Cl)c(Cl)c3)c2[nH]1. The lowest BCUT2D eigenvalue weighted by atomic mass is 10.1. The predicted octanol–water partition coefficient (Wildman–Crippen LogP) is 5.41. The first-order chi connectivity index (χ1) is 14.2. The first kappa shape index (κ1) is 21.9. The first-order valence-electron chi connectivity index (χ1n) is 9.28. The zero-order chi connectivity index (χ0) is 21.7. The standard InChI is InChI=1S/C21H22Cl2N4O3/c1-21(2,3)30-20(28)25-8-9-29-26-12-15-10-14-6-7-24-18(19(14)27-15)13-4-5-16(22)17(23)11-13/h4-7,10-12,27H,8-9H2,1-3H3,(H,25,28). The van der Waals surface area contributed by atoms with Crippen LogP contribution < -0.4 is 5.32 Å². The normalized spacial score (nSPS) is 11.8. The topological polar surface area (TPSA) is 88.6 Å². The second-order valence-electron chi connectivity index (χ2n) is 7.47. The molecule has 9 heteroatoms. The van der Waals surface area contributed by atoms with Gasteiger partial charge < -0.3 is 19.9 Å². The molecule has 0 saturated heterocycles. The minimum Gasteiger partial charge on any atom is -0.444 e. The van der Waals surface area contributed by atoms with E-state index >= 15 is 0 Å². The number of carbonyl (C=O) groups is 1. The Morgan fingerprint density at radius 2 is 2.03 bits per heavy atom. The Bertz CT molecular complexity index is 1070. The van der Waals surface area contributed by atoms with Gasteiger partial charge in [0.2, 0.25) is 0 Å². The number of carbonyl (C=O) groups excluding carboxylic acids is 1. The average Bonchev–Trinajstić information content (AvgIpc) is 3.08. The van der Waals surface area contributed by atoms with Crippen molar-refractivity contribution in [3.8, 4) is 11.3 Å². The van der Waals surface area contributed by atoms with E-state index in [-0.39, 0.29) is 13.2 Å². The molecule has 2 aromatic heterocycles. The van der Waals surface area contributed by atoms with Crippen molar-refractivity contribution in [1.82, 2.24) is 15.3 Å². The van der Waals surface area contributed by atoms with Crippen LogP contribution in [0.2, 0.25) is 10.0 Å². The summed E-state index contributed by atoms with van der Waals surface area (Å²) in [6.07, 6.45) is 2.80. The molecule has 0 saturated carbocycles. The lowest BCUT2D eigenvalue weighted by Crippen LogP contribution is -2.34. The maximum atomic E-state index is 11.5. The molecule has 0 unspecified atom stereocenters. The molecule has 158 valence electrons. The largest absolute Gasteiger partial charge is 0.444 e. The number of H-pyrrole nitrogens is 1. The lowest BCUT2D eigenvalue weighted by molar-refractivity contribution is 0.0502. The van der Waals surface area contributed by atoms with Crippen molar-refractivity contribution in [1.29, 1.82) is 0 Å². The molecule has 30 heavy (non-hydrogen) atoms. The zero-order valence-electron chi connectivity index (χ0n) is 16.8. The van der Waals surface area contributed by atoms with Gasteiger partial charge in [0.1, 0.15) is 12.2 Å². The molecule has 1 amide bonds. The van der Waals surface area contributed by atoms with Crippen LogP contribution in [0.4, 0.5) is 4.79 Å². The van der Waals surface area contributed by atoms with Crippen LogP contribution in [0.15, 0.2) is 41.7 Å². The fourth-order valence-corrected chi connectivity index (χ4v) is 2.97. The molecule has 2 heterocycles. The average molecular weight is 449 g/mol. The van der Waals surface area contributed by atoms with Crippen molar-refractivity contribution in [3.63, 3.8) is 0 Å². The molecule has 0 radical (unpaired) electrons. The van der Waals surface area contributed by atoms with Crippen LogP contribution in [-0.2, 0) is 9.57 Å². The second-order valence-corrected chi connectivity index (χ2v) is 8.29. The van der Waals surface area contributed by atoms with E-state index in [9.17, 15) is 4.79 Å². The van der Waals surface area contributed by atoms with Crippen LogP contribution in [0.25, 0.3) is 22.2 Å². The molecule has 0 atom stereocenters. The number of aromatic nitrogens is 2. The number of amides is 1. The number of oxime groups is 1. The molecule has 0 aliphatic rings. The Hall–Kier alpha value is -2.77. The Morgan fingerprint density at radius 3 is 2.77 bits per heavy atom. The highest BCUT2D eigenvalue weighted by Crippen LogP contribution is 2.31. The lowest BCUT2D eigenvalue weighted by Gasteiger charge is -2.19. The second kappa shape index (κ2) is 9.36.